The van der Waals surface area contributed by atoms with E-state index < -0.39 is 0 Å². The third kappa shape index (κ3) is 2.33. The first-order valence-corrected chi connectivity index (χ1v) is 11.4. The zero-order chi connectivity index (χ0) is 18.6. The van der Waals surface area contributed by atoms with E-state index >= 15 is 0 Å². The van der Waals surface area contributed by atoms with Gasteiger partial charge in [-0.25, -0.2) is 0 Å². The summed E-state index contributed by atoms with van der Waals surface area (Å²) in [6, 6.07) is 0. The molecule has 27 heavy (non-hydrogen) atoms. The number of oxime groups is 1. The van der Waals surface area contributed by atoms with Crippen molar-refractivity contribution in [2.75, 3.05) is 6.61 Å². The fourth-order valence-corrected chi connectivity index (χ4v) is 8.43. The van der Waals surface area contributed by atoms with Crippen LogP contribution >= 0.6 is 0 Å². The van der Waals surface area contributed by atoms with Gasteiger partial charge >= 0.3 is 0 Å². The molecule has 3 fully saturated rings. The molecule has 5 aliphatic rings. The van der Waals surface area contributed by atoms with Crippen LogP contribution in [0.15, 0.2) is 29.0 Å². The Morgan fingerprint density at radius 2 is 2.11 bits per heavy atom. The lowest BCUT2D eigenvalue weighted by molar-refractivity contribution is -0.132. The van der Waals surface area contributed by atoms with Crippen LogP contribution < -0.4 is 0 Å². The van der Waals surface area contributed by atoms with Crippen LogP contribution in [0.3, 0.4) is 0 Å². The maximum atomic E-state index is 9.27. The summed E-state index contributed by atoms with van der Waals surface area (Å²) >= 11 is 0. The minimum atomic E-state index is 0.0368. The Hall–Kier alpha value is -1.09. The van der Waals surface area contributed by atoms with Crippen LogP contribution in [-0.4, -0.2) is 23.1 Å². The Kier molecular flexibility index (Phi) is 4.31. The van der Waals surface area contributed by atoms with Gasteiger partial charge in [0.05, 0.1) is 17.9 Å². The van der Waals surface area contributed by atoms with E-state index in [4.69, 9.17) is 4.74 Å². The Bertz CT molecular complexity index is 694. The molecule has 7 atom stereocenters. The maximum absolute atomic E-state index is 9.27. The first kappa shape index (κ1) is 18.0. The van der Waals surface area contributed by atoms with Gasteiger partial charge in [0.25, 0.3) is 0 Å². The zero-order valence-electron chi connectivity index (χ0n) is 17.0. The molecule has 0 saturated heterocycles. The highest BCUT2D eigenvalue weighted by Gasteiger charge is 2.65. The molecule has 148 valence electrons. The molecule has 1 N–H and O–H groups in total. The fraction of sp³-hybridized carbons (Fsp3) is 0.792. The van der Waals surface area contributed by atoms with E-state index in [9.17, 15) is 5.21 Å². The van der Waals surface area contributed by atoms with E-state index in [1.807, 2.05) is 0 Å². The van der Waals surface area contributed by atoms with Crippen molar-refractivity contribution in [3.8, 4) is 0 Å². The van der Waals surface area contributed by atoms with Crippen molar-refractivity contribution in [3.63, 3.8) is 0 Å². The highest BCUT2D eigenvalue weighted by Crippen LogP contribution is 2.69. The number of nitrogens with zero attached hydrogens (tertiary/aromatic N) is 1. The van der Waals surface area contributed by atoms with Crippen LogP contribution in [-0.2, 0) is 4.74 Å². The van der Waals surface area contributed by atoms with E-state index in [0.29, 0.717) is 5.41 Å². The first-order valence-electron chi connectivity index (χ1n) is 11.4. The van der Waals surface area contributed by atoms with Gasteiger partial charge in [0.15, 0.2) is 0 Å². The van der Waals surface area contributed by atoms with Crippen LogP contribution in [0.5, 0.6) is 0 Å². The molecule has 3 nitrogen and oxygen atoms in total. The molecule has 1 spiro atoms. The lowest BCUT2D eigenvalue weighted by atomic mass is 9.47. The van der Waals surface area contributed by atoms with Crippen molar-refractivity contribution in [1.82, 2.24) is 0 Å². The molecule has 3 unspecified atom stereocenters. The molecule has 3 saturated carbocycles. The maximum Gasteiger partial charge on any atom is 0.0926 e. The SMILES string of the molecule is CC[C@@H]1CC2=C/C(=N/O)CC[C@@H]2C2CC[C@@]3(CC)C(CC[C@@]34C=CCO4)C21. The number of rotatable bonds is 2. The minimum Gasteiger partial charge on any atom is -0.411 e. The highest BCUT2D eigenvalue weighted by atomic mass is 16.5. The van der Waals surface area contributed by atoms with Gasteiger partial charge in [-0.05, 0) is 87.0 Å². The highest BCUT2D eigenvalue weighted by molar-refractivity contribution is 5.96. The van der Waals surface area contributed by atoms with Gasteiger partial charge in [-0.15, -0.1) is 0 Å². The minimum absolute atomic E-state index is 0.0368. The van der Waals surface area contributed by atoms with Gasteiger partial charge in [0, 0.05) is 5.41 Å². The molecule has 1 heterocycles. The number of fused-ring (bicyclic) bond motifs is 6. The summed E-state index contributed by atoms with van der Waals surface area (Å²) < 4.78 is 6.48. The van der Waals surface area contributed by atoms with Gasteiger partial charge in [0.2, 0.25) is 0 Å². The standard InChI is InChI=1S/C24H35NO2/c1-3-16-14-17-15-18(25-26)6-7-19(17)20-8-11-23(4-2)21(22(16)20)9-12-24(23)10-5-13-27-24/h5,10,15-16,19-22,26H,3-4,6-9,11-14H2,1-2H3/b25-18+/t16-,19+,20?,21?,22?,23+,24+/m1/s1. The van der Waals surface area contributed by atoms with Gasteiger partial charge < -0.3 is 9.94 Å². The third-order valence-corrected chi connectivity index (χ3v) is 9.47. The molecular formula is C24H35NO2. The lowest BCUT2D eigenvalue weighted by Crippen LogP contribution is -2.55. The molecule has 0 bridgehead atoms. The van der Waals surface area contributed by atoms with E-state index in [1.54, 1.807) is 5.57 Å². The second kappa shape index (κ2) is 6.47. The number of allylic oxidation sites excluding steroid dienone is 2. The summed E-state index contributed by atoms with van der Waals surface area (Å²) in [5.41, 5.74) is 2.89. The van der Waals surface area contributed by atoms with Crippen molar-refractivity contribution in [2.24, 2.45) is 40.2 Å². The smallest absolute Gasteiger partial charge is 0.0926 e. The topological polar surface area (TPSA) is 41.8 Å². The fourth-order valence-electron chi connectivity index (χ4n) is 8.43. The first-order chi connectivity index (χ1) is 13.2. The molecule has 3 heteroatoms. The Balaban J connectivity index is 1.53. The van der Waals surface area contributed by atoms with Crippen molar-refractivity contribution in [1.29, 1.82) is 0 Å². The predicted octanol–water partition coefficient (Wildman–Crippen LogP) is 5.74. The quantitative estimate of drug-likeness (QED) is 0.383. The van der Waals surface area contributed by atoms with Crippen molar-refractivity contribution in [3.05, 3.63) is 23.8 Å². The Labute approximate surface area is 163 Å². The van der Waals surface area contributed by atoms with Crippen molar-refractivity contribution in [2.45, 2.75) is 77.2 Å². The van der Waals surface area contributed by atoms with Gasteiger partial charge in [-0.1, -0.05) is 43.1 Å². The second-order valence-electron chi connectivity index (χ2n) is 9.87. The van der Waals surface area contributed by atoms with E-state index in [0.717, 1.165) is 48.3 Å². The number of hydrogen-bond donors (Lipinski definition) is 1. The summed E-state index contributed by atoms with van der Waals surface area (Å²) in [6.07, 6.45) is 18.2. The van der Waals surface area contributed by atoms with Crippen LogP contribution in [0.1, 0.15) is 71.6 Å². The number of ether oxygens (including phenoxy) is 1. The zero-order valence-corrected chi connectivity index (χ0v) is 17.0. The summed E-state index contributed by atoms with van der Waals surface area (Å²) in [7, 11) is 0. The van der Waals surface area contributed by atoms with E-state index in [-0.39, 0.29) is 5.60 Å². The molecule has 0 amide bonds. The van der Waals surface area contributed by atoms with E-state index in [1.165, 1.54) is 51.4 Å². The van der Waals surface area contributed by atoms with Gasteiger partial charge in [0.1, 0.15) is 0 Å². The second-order valence-corrected chi connectivity index (χ2v) is 9.87. The molecule has 0 aromatic carbocycles. The van der Waals surface area contributed by atoms with Crippen LogP contribution in [0.4, 0.5) is 0 Å². The van der Waals surface area contributed by atoms with Gasteiger partial charge in [-0.3, -0.25) is 0 Å². The summed E-state index contributed by atoms with van der Waals surface area (Å²) in [4.78, 5) is 0. The average molecular weight is 370 g/mol. The normalized spacial score (nSPS) is 49.8. The van der Waals surface area contributed by atoms with Crippen molar-refractivity contribution < 1.29 is 9.94 Å². The third-order valence-electron chi connectivity index (χ3n) is 9.47. The molecule has 1 aliphatic heterocycles. The molecule has 0 aromatic heterocycles. The average Bonchev–Trinajstić information content (AvgIpc) is 3.33. The molecule has 5 rings (SSSR count). The summed E-state index contributed by atoms with van der Waals surface area (Å²) in [5.74, 6) is 4.03. The number of hydrogen-bond acceptors (Lipinski definition) is 3. The van der Waals surface area contributed by atoms with E-state index in [2.05, 4.69) is 37.2 Å². The Morgan fingerprint density at radius 3 is 2.81 bits per heavy atom. The predicted molar refractivity (Wildman–Crippen MR) is 108 cm³/mol. The molecule has 4 aliphatic carbocycles. The summed E-state index contributed by atoms with van der Waals surface area (Å²) in [5, 5.41) is 12.8. The van der Waals surface area contributed by atoms with Gasteiger partial charge in [-0.2, -0.15) is 0 Å². The van der Waals surface area contributed by atoms with Crippen LogP contribution in [0.2, 0.25) is 0 Å². The van der Waals surface area contributed by atoms with Crippen molar-refractivity contribution >= 4 is 5.71 Å². The van der Waals surface area contributed by atoms with Crippen LogP contribution in [0.25, 0.3) is 0 Å². The lowest BCUT2D eigenvalue weighted by Gasteiger charge is -2.59. The Morgan fingerprint density at radius 1 is 1.22 bits per heavy atom. The summed E-state index contributed by atoms with van der Waals surface area (Å²) in [6.45, 7) is 5.64. The van der Waals surface area contributed by atoms with Crippen LogP contribution in [0, 0.1) is 35.0 Å². The largest absolute Gasteiger partial charge is 0.411 e. The molecular weight excluding hydrogens is 334 g/mol. The molecule has 0 radical (unpaired) electrons. The monoisotopic (exact) mass is 369 g/mol. The molecule has 0 aromatic rings.